The van der Waals surface area contributed by atoms with E-state index in [-0.39, 0.29) is 5.95 Å². The number of hydrogen-bond acceptors (Lipinski definition) is 4. The molecule has 0 aliphatic carbocycles. The molecule has 0 saturated heterocycles. The molecule has 0 aliphatic rings. The van der Waals surface area contributed by atoms with Gasteiger partial charge in [-0.3, -0.25) is 0 Å². The van der Waals surface area contributed by atoms with Gasteiger partial charge >= 0.3 is 0 Å². The predicted molar refractivity (Wildman–Crippen MR) is 54.7 cm³/mol. The van der Waals surface area contributed by atoms with Gasteiger partial charge in [0.2, 0.25) is 5.95 Å². The number of aromatic nitrogens is 3. The first-order chi connectivity index (χ1) is 6.75. The van der Waals surface area contributed by atoms with E-state index in [0.717, 1.165) is 5.56 Å². The van der Waals surface area contributed by atoms with Crippen LogP contribution in [0.4, 0.5) is 5.95 Å². The Morgan fingerprint density at radius 2 is 1.86 bits per heavy atom. The van der Waals surface area contributed by atoms with E-state index in [1.807, 2.05) is 12.1 Å². The summed E-state index contributed by atoms with van der Waals surface area (Å²) in [5, 5.41) is 7.97. The average Bonchev–Trinajstić information content (AvgIpc) is 2.19. The van der Waals surface area contributed by atoms with Crippen LogP contribution < -0.4 is 5.73 Å². The van der Waals surface area contributed by atoms with Crippen molar-refractivity contribution < 1.29 is 0 Å². The largest absolute Gasteiger partial charge is 0.366 e. The molecule has 2 rings (SSSR count). The zero-order valence-electron chi connectivity index (χ0n) is 7.18. The number of nitrogens with two attached hydrogens (primary N) is 1. The van der Waals surface area contributed by atoms with Gasteiger partial charge in [-0.05, 0) is 12.1 Å². The third kappa shape index (κ3) is 1.80. The summed E-state index contributed by atoms with van der Waals surface area (Å²) in [5.41, 5.74) is 7.02. The number of nitrogen functional groups attached to an aromatic ring is 1. The highest BCUT2D eigenvalue weighted by molar-refractivity contribution is 6.30. The van der Waals surface area contributed by atoms with E-state index in [2.05, 4.69) is 15.2 Å². The van der Waals surface area contributed by atoms with Gasteiger partial charge in [-0.1, -0.05) is 23.7 Å². The van der Waals surface area contributed by atoms with E-state index in [0.29, 0.717) is 10.7 Å². The number of nitrogens with zero attached hydrogens (tertiary/aromatic N) is 3. The summed E-state index contributed by atoms with van der Waals surface area (Å²) in [7, 11) is 0. The van der Waals surface area contributed by atoms with Gasteiger partial charge in [0.15, 0.2) is 0 Å². The van der Waals surface area contributed by atoms with E-state index < -0.39 is 0 Å². The lowest BCUT2D eigenvalue weighted by Crippen LogP contribution is -1.97. The van der Waals surface area contributed by atoms with Crippen LogP contribution in [0.3, 0.4) is 0 Å². The van der Waals surface area contributed by atoms with Crippen molar-refractivity contribution in [3.05, 3.63) is 35.5 Å². The molecular weight excluding hydrogens is 200 g/mol. The number of rotatable bonds is 1. The maximum absolute atomic E-state index is 5.76. The molecule has 0 saturated carbocycles. The van der Waals surface area contributed by atoms with Gasteiger partial charge in [0.25, 0.3) is 0 Å². The molecule has 0 spiro atoms. The molecule has 0 bridgehead atoms. The first kappa shape index (κ1) is 8.90. The molecule has 1 aromatic carbocycles. The van der Waals surface area contributed by atoms with Crippen molar-refractivity contribution in [3.8, 4) is 11.3 Å². The maximum atomic E-state index is 5.76. The van der Waals surface area contributed by atoms with Crippen molar-refractivity contribution >= 4 is 17.5 Å². The van der Waals surface area contributed by atoms with Crippen LogP contribution in [0.15, 0.2) is 30.5 Å². The smallest absolute Gasteiger partial charge is 0.240 e. The van der Waals surface area contributed by atoms with Crippen molar-refractivity contribution in [2.75, 3.05) is 5.73 Å². The molecule has 0 aliphatic heterocycles. The van der Waals surface area contributed by atoms with Crippen LogP contribution in [0.1, 0.15) is 0 Å². The Hall–Kier alpha value is -1.68. The van der Waals surface area contributed by atoms with Crippen LogP contribution in [0.25, 0.3) is 11.3 Å². The minimum absolute atomic E-state index is 0.164. The fourth-order valence-electron chi connectivity index (χ4n) is 1.08. The topological polar surface area (TPSA) is 64.7 Å². The lowest BCUT2D eigenvalue weighted by atomic mass is 10.2. The van der Waals surface area contributed by atoms with Crippen molar-refractivity contribution in [1.29, 1.82) is 0 Å². The van der Waals surface area contributed by atoms with Gasteiger partial charge < -0.3 is 5.73 Å². The number of halogens is 1. The summed E-state index contributed by atoms with van der Waals surface area (Å²) in [4.78, 5) is 4.03. The molecule has 70 valence electrons. The number of hydrogen-bond donors (Lipinski definition) is 1. The SMILES string of the molecule is Nc1nncc(-c2ccc(Cl)cc2)n1. The Balaban J connectivity index is 2.44. The van der Waals surface area contributed by atoms with Crippen LogP contribution in [-0.2, 0) is 0 Å². The fraction of sp³-hybridized carbons (Fsp3) is 0. The summed E-state index contributed by atoms with van der Waals surface area (Å²) in [6.45, 7) is 0. The normalized spacial score (nSPS) is 10.1. The van der Waals surface area contributed by atoms with E-state index in [4.69, 9.17) is 17.3 Å². The first-order valence-electron chi connectivity index (χ1n) is 3.97. The highest BCUT2D eigenvalue weighted by Crippen LogP contribution is 2.18. The summed E-state index contributed by atoms with van der Waals surface area (Å²) in [6, 6.07) is 7.28. The first-order valence-corrected chi connectivity index (χ1v) is 4.34. The molecule has 4 nitrogen and oxygen atoms in total. The highest BCUT2D eigenvalue weighted by Gasteiger charge is 2.00. The van der Waals surface area contributed by atoms with Gasteiger partial charge in [-0.2, -0.15) is 5.10 Å². The van der Waals surface area contributed by atoms with Crippen LogP contribution in [0.5, 0.6) is 0 Å². The molecule has 0 radical (unpaired) electrons. The zero-order chi connectivity index (χ0) is 9.97. The zero-order valence-corrected chi connectivity index (χ0v) is 7.94. The summed E-state index contributed by atoms with van der Waals surface area (Å²) >= 11 is 5.76. The number of benzene rings is 1. The van der Waals surface area contributed by atoms with Crippen molar-refractivity contribution in [2.24, 2.45) is 0 Å². The Morgan fingerprint density at radius 1 is 1.14 bits per heavy atom. The van der Waals surface area contributed by atoms with E-state index in [1.165, 1.54) is 0 Å². The van der Waals surface area contributed by atoms with Gasteiger partial charge in [0.1, 0.15) is 0 Å². The van der Waals surface area contributed by atoms with Crippen LogP contribution in [0, 0.1) is 0 Å². The van der Waals surface area contributed by atoms with E-state index in [1.54, 1.807) is 18.3 Å². The van der Waals surface area contributed by atoms with Gasteiger partial charge in [-0.25, -0.2) is 4.98 Å². The molecule has 1 heterocycles. The van der Waals surface area contributed by atoms with Gasteiger partial charge in [0, 0.05) is 10.6 Å². The van der Waals surface area contributed by atoms with Crippen molar-refractivity contribution in [1.82, 2.24) is 15.2 Å². The predicted octanol–water partition coefficient (Wildman–Crippen LogP) is 1.77. The Kier molecular flexibility index (Phi) is 2.28. The molecule has 2 N–H and O–H groups in total. The lowest BCUT2D eigenvalue weighted by molar-refractivity contribution is 0.990. The van der Waals surface area contributed by atoms with Gasteiger partial charge in [-0.15, -0.1) is 5.10 Å². The fourth-order valence-corrected chi connectivity index (χ4v) is 1.20. The van der Waals surface area contributed by atoms with Gasteiger partial charge in [0.05, 0.1) is 11.9 Å². The summed E-state index contributed by atoms with van der Waals surface area (Å²) < 4.78 is 0. The Bertz CT molecular complexity index is 441. The molecule has 14 heavy (non-hydrogen) atoms. The monoisotopic (exact) mass is 206 g/mol. The molecule has 1 aromatic heterocycles. The number of anilines is 1. The maximum Gasteiger partial charge on any atom is 0.240 e. The van der Waals surface area contributed by atoms with E-state index in [9.17, 15) is 0 Å². The second kappa shape index (κ2) is 3.59. The third-order valence-electron chi connectivity index (χ3n) is 1.72. The molecular formula is C9H7ClN4. The summed E-state index contributed by atoms with van der Waals surface area (Å²) in [6.07, 6.45) is 1.56. The van der Waals surface area contributed by atoms with Crippen molar-refractivity contribution in [3.63, 3.8) is 0 Å². The minimum atomic E-state index is 0.164. The third-order valence-corrected chi connectivity index (χ3v) is 1.97. The Labute approximate surface area is 85.8 Å². The quantitative estimate of drug-likeness (QED) is 0.773. The van der Waals surface area contributed by atoms with E-state index >= 15 is 0 Å². The molecule has 0 fully saturated rings. The second-order valence-corrected chi connectivity index (χ2v) is 3.14. The lowest BCUT2D eigenvalue weighted by Gasteiger charge is -1.99. The van der Waals surface area contributed by atoms with Crippen LogP contribution >= 0.6 is 11.6 Å². The van der Waals surface area contributed by atoms with Crippen molar-refractivity contribution in [2.45, 2.75) is 0 Å². The highest BCUT2D eigenvalue weighted by atomic mass is 35.5. The van der Waals surface area contributed by atoms with Crippen LogP contribution in [0.2, 0.25) is 5.02 Å². The average molecular weight is 207 g/mol. The van der Waals surface area contributed by atoms with Crippen LogP contribution in [-0.4, -0.2) is 15.2 Å². The molecule has 2 aromatic rings. The standard InChI is InChI=1S/C9H7ClN4/c10-7-3-1-6(2-4-7)8-5-12-14-9(11)13-8/h1-5H,(H2,11,13,14). The second-order valence-electron chi connectivity index (χ2n) is 2.71. The molecule has 0 amide bonds. The summed E-state index contributed by atoms with van der Waals surface area (Å²) in [5.74, 6) is 0.164. The minimum Gasteiger partial charge on any atom is -0.366 e. The molecule has 0 unspecified atom stereocenters. The molecule has 0 atom stereocenters. The Morgan fingerprint density at radius 3 is 2.50 bits per heavy atom. The molecule has 5 heteroatoms.